The van der Waals surface area contributed by atoms with Gasteiger partial charge in [0.2, 0.25) is 0 Å². The number of carbonyl (C=O) groups is 2. The summed E-state index contributed by atoms with van der Waals surface area (Å²) in [6, 6.07) is 16.6. The topological polar surface area (TPSA) is 64.6 Å². The molecular weight excluding hydrogens is 306 g/mol. The Morgan fingerprint density at radius 2 is 1.71 bits per heavy atom. The first kappa shape index (κ1) is 17.5. The second kappa shape index (κ2) is 8.72. The lowest BCUT2D eigenvalue weighted by atomic mass is 10.1. The molecule has 0 aromatic heterocycles. The molecule has 2 aromatic carbocycles. The van der Waals surface area contributed by atoms with Crippen LogP contribution in [0.15, 0.2) is 54.6 Å². The summed E-state index contributed by atoms with van der Waals surface area (Å²) in [7, 11) is 1.31. The number of hydrogen-bond donors (Lipinski definition) is 1. The van der Waals surface area contributed by atoms with E-state index in [0.29, 0.717) is 17.9 Å². The lowest BCUT2D eigenvalue weighted by Gasteiger charge is -2.12. The van der Waals surface area contributed by atoms with Crippen LogP contribution in [0, 0.1) is 0 Å². The zero-order chi connectivity index (χ0) is 17.4. The van der Waals surface area contributed by atoms with Gasteiger partial charge in [0.25, 0.3) is 5.91 Å². The van der Waals surface area contributed by atoms with Gasteiger partial charge in [-0.1, -0.05) is 30.3 Å². The van der Waals surface area contributed by atoms with Crippen LogP contribution in [0.5, 0.6) is 5.75 Å². The molecule has 5 nitrogen and oxygen atoms in total. The highest BCUT2D eigenvalue weighted by atomic mass is 16.6. The number of esters is 1. The summed E-state index contributed by atoms with van der Waals surface area (Å²) in [5, 5.41) is 2.88. The zero-order valence-corrected chi connectivity index (χ0v) is 13.8. The van der Waals surface area contributed by atoms with E-state index in [4.69, 9.17) is 4.74 Å². The number of nitrogens with one attached hydrogen (secondary N) is 1. The second-order valence-corrected chi connectivity index (χ2v) is 5.30. The molecule has 1 amide bonds. The zero-order valence-electron chi connectivity index (χ0n) is 13.8. The molecule has 126 valence electrons. The van der Waals surface area contributed by atoms with Gasteiger partial charge < -0.3 is 14.8 Å². The molecule has 2 rings (SSSR count). The minimum absolute atomic E-state index is 0.140. The quantitative estimate of drug-likeness (QED) is 0.794. The fourth-order valence-corrected chi connectivity index (χ4v) is 2.17. The number of ether oxygens (including phenoxy) is 2. The van der Waals surface area contributed by atoms with Crippen molar-refractivity contribution in [1.29, 1.82) is 0 Å². The summed E-state index contributed by atoms with van der Waals surface area (Å²) in [5.41, 5.74) is 1.72. The molecule has 0 aliphatic heterocycles. The Labute approximate surface area is 141 Å². The molecule has 0 aliphatic carbocycles. The molecule has 0 heterocycles. The maximum Gasteiger partial charge on any atom is 0.346 e. The van der Waals surface area contributed by atoms with Crippen molar-refractivity contribution in [3.8, 4) is 5.75 Å². The molecule has 2 aromatic rings. The number of benzene rings is 2. The summed E-state index contributed by atoms with van der Waals surface area (Å²) in [4.78, 5) is 23.4. The van der Waals surface area contributed by atoms with Gasteiger partial charge in [-0.2, -0.15) is 0 Å². The Morgan fingerprint density at radius 1 is 1.04 bits per heavy atom. The highest BCUT2D eigenvalue weighted by Crippen LogP contribution is 2.14. The largest absolute Gasteiger partial charge is 0.479 e. The molecular formula is C19H21NO4. The number of rotatable bonds is 7. The van der Waals surface area contributed by atoms with Crippen molar-refractivity contribution in [2.45, 2.75) is 19.4 Å². The molecule has 1 N–H and O–H groups in total. The van der Waals surface area contributed by atoms with Crippen molar-refractivity contribution >= 4 is 11.9 Å². The predicted molar refractivity (Wildman–Crippen MR) is 91.0 cm³/mol. The van der Waals surface area contributed by atoms with E-state index in [1.165, 1.54) is 12.7 Å². The Morgan fingerprint density at radius 3 is 2.33 bits per heavy atom. The maximum atomic E-state index is 12.1. The molecule has 0 radical (unpaired) electrons. The van der Waals surface area contributed by atoms with E-state index >= 15 is 0 Å². The summed E-state index contributed by atoms with van der Waals surface area (Å²) < 4.78 is 10.0. The number of amides is 1. The van der Waals surface area contributed by atoms with Gasteiger partial charge in [0.05, 0.1) is 7.11 Å². The second-order valence-electron chi connectivity index (χ2n) is 5.30. The first-order chi connectivity index (χ1) is 11.6. The molecule has 5 heteroatoms. The van der Waals surface area contributed by atoms with E-state index in [1.54, 1.807) is 31.2 Å². The third kappa shape index (κ3) is 5.12. The summed E-state index contributed by atoms with van der Waals surface area (Å²) in [6.07, 6.45) is 0.0882. The standard InChI is InChI=1S/C19H21NO4/c1-14(19(22)23-2)24-17-10-8-16(9-11-17)18(21)20-13-12-15-6-4-3-5-7-15/h3-11,14H,12-13H2,1-2H3,(H,20,21)/t14-/m1/s1. The minimum atomic E-state index is -0.694. The maximum absolute atomic E-state index is 12.1. The third-order valence-corrected chi connectivity index (χ3v) is 3.50. The van der Waals surface area contributed by atoms with Crippen molar-refractivity contribution in [1.82, 2.24) is 5.32 Å². The SMILES string of the molecule is COC(=O)[C@@H](C)Oc1ccc(C(=O)NCCc2ccccc2)cc1. The molecule has 0 spiro atoms. The molecule has 0 bridgehead atoms. The minimum Gasteiger partial charge on any atom is -0.479 e. The van der Waals surface area contributed by atoms with E-state index in [1.807, 2.05) is 30.3 Å². The van der Waals surface area contributed by atoms with Gasteiger partial charge >= 0.3 is 5.97 Å². The van der Waals surface area contributed by atoms with Crippen molar-refractivity contribution in [2.24, 2.45) is 0 Å². The highest BCUT2D eigenvalue weighted by molar-refractivity contribution is 5.94. The van der Waals surface area contributed by atoms with E-state index < -0.39 is 12.1 Å². The van der Waals surface area contributed by atoms with Crippen LogP contribution in [0.3, 0.4) is 0 Å². The van der Waals surface area contributed by atoms with Crippen LogP contribution in [0.25, 0.3) is 0 Å². The van der Waals surface area contributed by atoms with Crippen molar-refractivity contribution in [3.05, 3.63) is 65.7 Å². The van der Waals surface area contributed by atoms with Gasteiger partial charge in [-0.3, -0.25) is 4.79 Å². The van der Waals surface area contributed by atoms with Gasteiger partial charge in [0, 0.05) is 12.1 Å². The normalized spacial score (nSPS) is 11.4. The van der Waals surface area contributed by atoms with Gasteiger partial charge in [-0.25, -0.2) is 4.79 Å². The van der Waals surface area contributed by atoms with Crippen LogP contribution < -0.4 is 10.1 Å². The number of carbonyl (C=O) groups excluding carboxylic acids is 2. The van der Waals surface area contributed by atoms with Gasteiger partial charge in [0.1, 0.15) is 5.75 Å². The van der Waals surface area contributed by atoms with E-state index in [-0.39, 0.29) is 5.91 Å². The molecule has 0 aliphatic rings. The van der Waals surface area contributed by atoms with Crippen LogP contribution in [0.4, 0.5) is 0 Å². The first-order valence-electron chi connectivity index (χ1n) is 7.77. The summed E-state index contributed by atoms with van der Waals surface area (Å²) >= 11 is 0. The Bertz CT molecular complexity index is 668. The highest BCUT2D eigenvalue weighted by Gasteiger charge is 2.14. The van der Waals surface area contributed by atoms with Crippen LogP contribution in [0.2, 0.25) is 0 Å². The van der Waals surface area contributed by atoms with Crippen LogP contribution in [-0.4, -0.2) is 31.6 Å². The van der Waals surface area contributed by atoms with Crippen molar-refractivity contribution in [3.63, 3.8) is 0 Å². The monoisotopic (exact) mass is 327 g/mol. The average molecular weight is 327 g/mol. The van der Waals surface area contributed by atoms with E-state index in [9.17, 15) is 9.59 Å². The average Bonchev–Trinajstić information content (AvgIpc) is 2.62. The molecule has 0 saturated carbocycles. The first-order valence-corrected chi connectivity index (χ1v) is 7.77. The summed E-state index contributed by atoms with van der Waals surface area (Å²) in [5.74, 6) is -0.0787. The fraction of sp³-hybridized carbons (Fsp3) is 0.263. The predicted octanol–water partition coefficient (Wildman–Crippen LogP) is 2.60. The Balaban J connectivity index is 1.83. The lowest BCUT2D eigenvalue weighted by molar-refractivity contribution is -0.147. The molecule has 1 atom stereocenters. The molecule has 0 unspecified atom stereocenters. The van der Waals surface area contributed by atoms with Gasteiger partial charge in [0.15, 0.2) is 6.10 Å². The smallest absolute Gasteiger partial charge is 0.346 e. The van der Waals surface area contributed by atoms with E-state index in [2.05, 4.69) is 10.1 Å². The number of hydrogen-bond acceptors (Lipinski definition) is 4. The van der Waals surface area contributed by atoms with Gasteiger partial charge in [-0.05, 0) is 43.2 Å². The Hall–Kier alpha value is -2.82. The van der Waals surface area contributed by atoms with Crippen LogP contribution in [0.1, 0.15) is 22.8 Å². The lowest BCUT2D eigenvalue weighted by Crippen LogP contribution is -2.26. The molecule has 0 saturated heterocycles. The Kier molecular flexibility index (Phi) is 6.37. The summed E-state index contributed by atoms with van der Waals surface area (Å²) in [6.45, 7) is 2.18. The fourth-order valence-electron chi connectivity index (χ4n) is 2.17. The van der Waals surface area contributed by atoms with Crippen molar-refractivity contribution < 1.29 is 19.1 Å². The third-order valence-electron chi connectivity index (χ3n) is 3.50. The van der Waals surface area contributed by atoms with Crippen molar-refractivity contribution in [2.75, 3.05) is 13.7 Å². The van der Waals surface area contributed by atoms with E-state index in [0.717, 1.165) is 6.42 Å². The van der Waals surface area contributed by atoms with Gasteiger partial charge in [-0.15, -0.1) is 0 Å². The van der Waals surface area contributed by atoms with Crippen LogP contribution >= 0.6 is 0 Å². The molecule has 24 heavy (non-hydrogen) atoms. The number of methoxy groups -OCH3 is 1. The van der Waals surface area contributed by atoms with Crippen LogP contribution in [-0.2, 0) is 16.0 Å². The molecule has 0 fully saturated rings.